The van der Waals surface area contributed by atoms with Crippen molar-refractivity contribution in [2.24, 2.45) is 0 Å². The van der Waals surface area contributed by atoms with Crippen molar-refractivity contribution in [1.82, 2.24) is 10.2 Å². The maximum Gasteiger partial charge on any atom is 0.222 e. The van der Waals surface area contributed by atoms with Gasteiger partial charge in [0, 0.05) is 25.4 Å². The Kier molecular flexibility index (Phi) is 5.38. The van der Waals surface area contributed by atoms with E-state index in [1.807, 2.05) is 24.3 Å². The summed E-state index contributed by atoms with van der Waals surface area (Å²) in [4.78, 5) is 26.4. The number of benzene rings is 2. The first-order chi connectivity index (χ1) is 14.0. The van der Waals surface area contributed by atoms with Gasteiger partial charge in [0.2, 0.25) is 11.8 Å². The maximum atomic E-state index is 12.6. The Balaban J connectivity index is 1.45. The van der Waals surface area contributed by atoms with E-state index in [2.05, 4.69) is 35.6 Å². The predicted molar refractivity (Wildman–Crippen MR) is 112 cm³/mol. The molecule has 1 aliphatic heterocycles. The molecule has 150 valence electrons. The van der Waals surface area contributed by atoms with E-state index in [9.17, 15) is 9.59 Å². The maximum absolute atomic E-state index is 12.6. The molecule has 0 saturated carbocycles. The van der Waals surface area contributed by atoms with Gasteiger partial charge < -0.3 is 14.6 Å². The summed E-state index contributed by atoms with van der Waals surface area (Å²) in [7, 11) is 1.79. The third-order valence-corrected chi connectivity index (χ3v) is 5.81. The Morgan fingerprint density at radius 2 is 1.97 bits per heavy atom. The smallest absolute Gasteiger partial charge is 0.222 e. The van der Waals surface area contributed by atoms with Gasteiger partial charge in [-0.25, -0.2) is 0 Å². The van der Waals surface area contributed by atoms with Crippen LogP contribution in [0, 0.1) is 0 Å². The van der Waals surface area contributed by atoms with Crippen LogP contribution >= 0.6 is 0 Å². The van der Waals surface area contributed by atoms with Gasteiger partial charge in [-0.2, -0.15) is 0 Å². The van der Waals surface area contributed by atoms with Crippen LogP contribution in [0.1, 0.15) is 37.0 Å². The Bertz CT molecular complexity index is 1010. The van der Waals surface area contributed by atoms with Crippen molar-refractivity contribution < 1.29 is 14.0 Å². The van der Waals surface area contributed by atoms with Crippen molar-refractivity contribution >= 4 is 22.6 Å². The van der Waals surface area contributed by atoms with Crippen LogP contribution in [-0.4, -0.2) is 29.3 Å². The Labute approximate surface area is 170 Å². The number of carbonyl (C=O) groups is 2. The monoisotopic (exact) mass is 390 g/mol. The summed E-state index contributed by atoms with van der Waals surface area (Å²) in [5.74, 6) is 0.892. The fourth-order valence-electron chi connectivity index (χ4n) is 4.18. The highest BCUT2D eigenvalue weighted by Gasteiger charge is 2.38. The van der Waals surface area contributed by atoms with Crippen LogP contribution in [0.25, 0.3) is 10.8 Å². The number of fused-ring (bicyclic) bond motifs is 1. The number of hydrogen-bond acceptors (Lipinski definition) is 3. The highest BCUT2D eigenvalue weighted by molar-refractivity contribution is 5.83. The number of nitrogens with zero attached hydrogens (tertiary/aromatic N) is 1. The SMILES string of the molecule is CN(Cc1ccco1)C(=O)CCC1(Cc2ccc3ccccc3c2)CCC(=O)N1. The molecule has 1 N–H and O–H groups in total. The summed E-state index contributed by atoms with van der Waals surface area (Å²) in [5, 5.41) is 5.57. The molecule has 1 atom stereocenters. The first-order valence-electron chi connectivity index (χ1n) is 10.1. The lowest BCUT2D eigenvalue weighted by atomic mass is 9.84. The second-order valence-corrected chi connectivity index (χ2v) is 8.02. The highest BCUT2D eigenvalue weighted by atomic mass is 16.3. The lowest BCUT2D eigenvalue weighted by molar-refractivity contribution is -0.131. The summed E-state index contributed by atoms with van der Waals surface area (Å²) in [6, 6.07) is 18.4. The van der Waals surface area contributed by atoms with Crippen LogP contribution < -0.4 is 5.32 Å². The molecule has 4 rings (SSSR count). The molecular formula is C24H26N2O3. The molecule has 0 spiro atoms. The molecule has 5 heteroatoms. The molecule has 1 aliphatic rings. The van der Waals surface area contributed by atoms with Gasteiger partial charge in [-0.3, -0.25) is 9.59 Å². The molecule has 0 radical (unpaired) electrons. The topological polar surface area (TPSA) is 62.6 Å². The van der Waals surface area contributed by atoms with E-state index in [0.29, 0.717) is 25.8 Å². The largest absolute Gasteiger partial charge is 0.467 e. The summed E-state index contributed by atoms with van der Waals surface area (Å²) in [6.07, 6.45) is 4.65. The van der Waals surface area contributed by atoms with E-state index in [0.717, 1.165) is 18.6 Å². The normalized spacial score (nSPS) is 18.7. The van der Waals surface area contributed by atoms with E-state index < -0.39 is 0 Å². The van der Waals surface area contributed by atoms with Gasteiger partial charge in [-0.1, -0.05) is 42.5 Å². The number of nitrogens with one attached hydrogen (secondary N) is 1. The third-order valence-electron chi connectivity index (χ3n) is 5.81. The van der Waals surface area contributed by atoms with Gasteiger partial charge in [-0.15, -0.1) is 0 Å². The molecule has 29 heavy (non-hydrogen) atoms. The Morgan fingerprint density at radius 1 is 1.14 bits per heavy atom. The first kappa shape index (κ1) is 19.2. The Morgan fingerprint density at radius 3 is 2.69 bits per heavy atom. The van der Waals surface area contributed by atoms with Crippen molar-refractivity contribution in [2.45, 2.75) is 44.2 Å². The van der Waals surface area contributed by atoms with Crippen LogP contribution in [0.2, 0.25) is 0 Å². The number of hydrogen-bond donors (Lipinski definition) is 1. The number of carbonyl (C=O) groups excluding carboxylic acids is 2. The van der Waals surface area contributed by atoms with Gasteiger partial charge >= 0.3 is 0 Å². The van der Waals surface area contributed by atoms with Crippen LogP contribution in [-0.2, 0) is 22.6 Å². The number of amides is 2. The van der Waals surface area contributed by atoms with Gasteiger partial charge in [-0.05, 0) is 47.7 Å². The average molecular weight is 390 g/mol. The molecule has 2 amide bonds. The second-order valence-electron chi connectivity index (χ2n) is 8.02. The molecule has 1 saturated heterocycles. The van der Waals surface area contributed by atoms with Gasteiger partial charge in [0.1, 0.15) is 5.76 Å². The van der Waals surface area contributed by atoms with Crippen molar-refractivity contribution in [3.8, 4) is 0 Å². The molecule has 5 nitrogen and oxygen atoms in total. The van der Waals surface area contributed by atoms with Crippen LogP contribution in [0.4, 0.5) is 0 Å². The predicted octanol–water partition coefficient (Wildman–Crippen LogP) is 4.06. The fraction of sp³-hybridized carbons (Fsp3) is 0.333. The van der Waals surface area contributed by atoms with E-state index in [4.69, 9.17) is 4.42 Å². The molecule has 2 heterocycles. The Hall–Kier alpha value is -3.08. The van der Waals surface area contributed by atoms with Crippen molar-refractivity contribution in [3.05, 3.63) is 72.2 Å². The van der Waals surface area contributed by atoms with Crippen LogP contribution in [0.15, 0.2) is 65.3 Å². The number of rotatable bonds is 7. The quantitative estimate of drug-likeness (QED) is 0.662. The van der Waals surface area contributed by atoms with Crippen molar-refractivity contribution in [1.29, 1.82) is 0 Å². The minimum absolute atomic E-state index is 0.0560. The molecule has 0 aliphatic carbocycles. The van der Waals surface area contributed by atoms with Crippen molar-refractivity contribution in [3.63, 3.8) is 0 Å². The van der Waals surface area contributed by atoms with Gasteiger partial charge in [0.15, 0.2) is 0 Å². The second kappa shape index (κ2) is 8.11. The third kappa shape index (κ3) is 4.50. The molecule has 1 unspecified atom stereocenters. The molecular weight excluding hydrogens is 364 g/mol. The number of furan rings is 1. The zero-order valence-corrected chi connectivity index (χ0v) is 16.7. The highest BCUT2D eigenvalue weighted by Crippen LogP contribution is 2.31. The van der Waals surface area contributed by atoms with E-state index in [1.54, 1.807) is 18.2 Å². The summed E-state index contributed by atoms with van der Waals surface area (Å²) in [6.45, 7) is 0.454. The lowest BCUT2D eigenvalue weighted by Crippen LogP contribution is -2.44. The van der Waals surface area contributed by atoms with Crippen LogP contribution in [0.3, 0.4) is 0 Å². The molecule has 0 bridgehead atoms. The van der Waals surface area contributed by atoms with Gasteiger partial charge in [0.25, 0.3) is 0 Å². The fourth-order valence-corrected chi connectivity index (χ4v) is 4.18. The van der Waals surface area contributed by atoms with E-state index >= 15 is 0 Å². The zero-order chi connectivity index (χ0) is 20.3. The van der Waals surface area contributed by atoms with E-state index in [-0.39, 0.29) is 17.4 Å². The average Bonchev–Trinajstić information content (AvgIpc) is 3.36. The first-order valence-corrected chi connectivity index (χ1v) is 10.1. The van der Waals surface area contributed by atoms with Gasteiger partial charge in [0.05, 0.1) is 12.8 Å². The van der Waals surface area contributed by atoms with E-state index in [1.165, 1.54) is 16.3 Å². The lowest BCUT2D eigenvalue weighted by Gasteiger charge is -2.30. The minimum Gasteiger partial charge on any atom is -0.467 e. The zero-order valence-electron chi connectivity index (χ0n) is 16.7. The summed E-state index contributed by atoms with van der Waals surface area (Å²) in [5.41, 5.74) is 0.822. The molecule has 2 aromatic carbocycles. The minimum atomic E-state index is -0.360. The summed E-state index contributed by atoms with van der Waals surface area (Å²) < 4.78 is 5.33. The van der Waals surface area contributed by atoms with Crippen molar-refractivity contribution in [2.75, 3.05) is 7.05 Å². The molecule has 3 aromatic rings. The molecule has 1 fully saturated rings. The molecule has 1 aromatic heterocycles. The summed E-state index contributed by atoms with van der Waals surface area (Å²) >= 11 is 0. The van der Waals surface area contributed by atoms with Crippen LogP contribution in [0.5, 0.6) is 0 Å². The standard InChI is InChI=1S/C24H26N2O3/c1-26(17-21-7-4-14-29-21)23(28)11-13-24(12-10-22(27)25-24)16-18-8-9-19-5-2-3-6-20(19)15-18/h2-9,14-15H,10-13,16-17H2,1H3,(H,25,27).